The molecule has 1 fully saturated rings. The average molecular weight is 542 g/mol. The van der Waals surface area contributed by atoms with Crippen molar-refractivity contribution < 1.29 is 38.5 Å². The first-order valence-electron chi connectivity index (χ1n) is 12.3. The lowest BCUT2D eigenvalue weighted by atomic mass is 9.95. The summed E-state index contributed by atoms with van der Waals surface area (Å²) < 4.78 is 36.4. The highest BCUT2D eigenvalue weighted by Gasteiger charge is 2.47. The first-order valence-corrected chi connectivity index (χ1v) is 14.1. The summed E-state index contributed by atoms with van der Waals surface area (Å²) in [6, 6.07) is 28.6. The molecule has 3 aromatic rings. The molecule has 1 aliphatic rings. The Bertz CT molecular complexity index is 1190. The van der Waals surface area contributed by atoms with Crippen LogP contribution in [-0.4, -0.2) is 57.9 Å². The van der Waals surface area contributed by atoms with E-state index in [0.29, 0.717) is 6.61 Å². The first-order chi connectivity index (χ1) is 18.4. The summed E-state index contributed by atoms with van der Waals surface area (Å²) in [5, 5.41) is 13.3. The molecule has 0 aliphatic carbocycles. The van der Waals surface area contributed by atoms with E-state index in [1.165, 1.54) is 0 Å². The topological polar surface area (TPSA) is 127 Å². The molecule has 3 N–H and O–H groups in total. The van der Waals surface area contributed by atoms with Crippen LogP contribution in [0.1, 0.15) is 16.7 Å². The van der Waals surface area contributed by atoms with Gasteiger partial charge in [0.1, 0.15) is 30.1 Å². The molecule has 3 aromatic carbocycles. The normalized spacial score (nSPS) is 22.9. The summed E-state index contributed by atoms with van der Waals surface area (Å²) in [6.45, 7) is 0.759. The van der Waals surface area contributed by atoms with Gasteiger partial charge in [0, 0.05) is 0 Å². The molecule has 4 atom stereocenters. The summed E-state index contributed by atoms with van der Waals surface area (Å²) in [4.78, 5) is 19.4. The highest BCUT2D eigenvalue weighted by Crippen LogP contribution is 2.39. The van der Waals surface area contributed by atoms with Gasteiger partial charge in [-0.25, -0.2) is 0 Å². The van der Waals surface area contributed by atoms with Crippen LogP contribution in [0.3, 0.4) is 0 Å². The van der Waals surface area contributed by atoms with Crippen LogP contribution in [-0.2, 0) is 43.3 Å². The van der Waals surface area contributed by atoms with Gasteiger partial charge >= 0.3 is 7.60 Å². The van der Waals surface area contributed by atoms with Gasteiger partial charge in [-0.3, -0.25) is 4.57 Å². The van der Waals surface area contributed by atoms with Crippen molar-refractivity contribution in [2.24, 2.45) is 5.16 Å². The van der Waals surface area contributed by atoms with E-state index in [0.717, 1.165) is 16.7 Å². The van der Waals surface area contributed by atoms with Gasteiger partial charge in [-0.2, -0.15) is 0 Å². The zero-order valence-corrected chi connectivity index (χ0v) is 21.7. The Morgan fingerprint density at radius 1 is 0.763 bits per heavy atom. The van der Waals surface area contributed by atoms with E-state index in [1.54, 1.807) is 0 Å². The SMILES string of the molecule is O=P(O)(O)C[C@H]1O[C@H](COCc2ccccc2)[C@@H](OCc2ccccc2)[C@H](OCc2ccccc2)C1=NO. The summed E-state index contributed by atoms with van der Waals surface area (Å²) in [5.41, 5.74) is 2.72. The average Bonchev–Trinajstić information content (AvgIpc) is 2.92. The Hall–Kier alpha value is -2.88. The second-order valence-electron chi connectivity index (χ2n) is 9.01. The quantitative estimate of drug-likeness (QED) is 0.177. The molecule has 1 saturated heterocycles. The van der Waals surface area contributed by atoms with Crippen molar-refractivity contribution in [1.29, 1.82) is 0 Å². The molecule has 0 aromatic heterocycles. The van der Waals surface area contributed by atoms with Crippen molar-refractivity contribution in [3.05, 3.63) is 108 Å². The lowest BCUT2D eigenvalue weighted by Gasteiger charge is -2.41. The van der Waals surface area contributed by atoms with Crippen LogP contribution in [0.5, 0.6) is 0 Å². The van der Waals surface area contributed by atoms with Gasteiger partial charge in [-0.05, 0) is 16.7 Å². The van der Waals surface area contributed by atoms with E-state index in [-0.39, 0.29) is 25.5 Å². The third-order valence-corrected chi connectivity index (χ3v) is 6.90. The predicted octanol–water partition coefficient (Wildman–Crippen LogP) is 4.15. The molecule has 0 bridgehead atoms. The number of hydrogen-bond acceptors (Lipinski definition) is 7. The van der Waals surface area contributed by atoms with E-state index in [4.69, 9.17) is 18.9 Å². The Balaban J connectivity index is 1.59. The predicted molar refractivity (Wildman–Crippen MR) is 141 cm³/mol. The molecule has 0 unspecified atom stereocenters. The molecule has 0 radical (unpaired) electrons. The summed E-state index contributed by atoms with van der Waals surface area (Å²) in [7, 11) is -4.53. The van der Waals surface area contributed by atoms with Crippen molar-refractivity contribution in [2.75, 3.05) is 12.8 Å². The molecular weight excluding hydrogens is 509 g/mol. The van der Waals surface area contributed by atoms with Crippen LogP contribution in [0, 0.1) is 0 Å². The Labute approximate surface area is 221 Å². The smallest absolute Gasteiger partial charge is 0.328 e. The summed E-state index contributed by atoms with van der Waals surface area (Å²) >= 11 is 0. The zero-order chi connectivity index (χ0) is 26.8. The number of ether oxygens (including phenoxy) is 4. The first kappa shape index (κ1) is 28.1. The van der Waals surface area contributed by atoms with E-state index >= 15 is 0 Å². The summed E-state index contributed by atoms with van der Waals surface area (Å²) in [6.07, 6.45) is -4.35. The van der Waals surface area contributed by atoms with Crippen molar-refractivity contribution in [3.8, 4) is 0 Å². The maximum Gasteiger partial charge on any atom is 0.328 e. The fraction of sp³-hybridized carbons (Fsp3) is 0.321. The molecule has 4 rings (SSSR count). The van der Waals surface area contributed by atoms with E-state index in [9.17, 15) is 19.6 Å². The lowest BCUT2D eigenvalue weighted by Crippen LogP contribution is -2.59. The molecule has 38 heavy (non-hydrogen) atoms. The molecule has 0 saturated carbocycles. The van der Waals surface area contributed by atoms with Gasteiger partial charge in [-0.15, -0.1) is 0 Å². The molecule has 9 nitrogen and oxygen atoms in total. The van der Waals surface area contributed by atoms with Crippen molar-refractivity contribution in [3.63, 3.8) is 0 Å². The number of oxime groups is 1. The van der Waals surface area contributed by atoms with Crippen molar-refractivity contribution >= 4 is 13.3 Å². The third-order valence-electron chi connectivity index (χ3n) is 6.10. The molecule has 10 heteroatoms. The summed E-state index contributed by atoms with van der Waals surface area (Å²) in [5.74, 6) is 0. The maximum atomic E-state index is 11.9. The van der Waals surface area contributed by atoms with E-state index in [2.05, 4.69) is 5.16 Å². The lowest BCUT2D eigenvalue weighted by molar-refractivity contribution is -0.173. The number of rotatable bonds is 12. The molecule has 0 amide bonds. The van der Waals surface area contributed by atoms with Gasteiger partial charge in [0.25, 0.3) is 0 Å². The van der Waals surface area contributed by atoms with Crippen LogP contribution in [0.15, 0.2) is 96.2 Å². The molecular formula is C28H32NO8P. The largest absolute Gasteiger partial charge is 0.411 e. The Morgan fingerprint density at radius 2 is 1.26 bits per heavy atom. The van der Waals surface area contributed by atoms with Crippen molar-refractivity contribution in [1.82, 2.24) is 0 Å². The minimum absolute atomic E-state index is 0.0402. The zero-order valence-electron chi connectivity index (χ0n) is 20.8. The number of hydrogen-bond donors (Lipinski definition) is 3. The van der Waals surface area contributed by atoms with Crippen LogP contribution in [0.4, 0.5) is 0 Å². The van der Waals surface area contributed by atoms with E-state index in [1.807, 2.05) is 91.0 Å². The highest BCUT2D eigenvalue weighted by molar-refractivity contribution is 7.51. The minimum atomic E-state index is -4.53. The second-order valence-corrected chi connectivity index (χ2v) is 10.7. The van der Waals surface area contributed by atoms with Crippen molar-refractivity contribution in [2.45, 2.75) is 44.2 Å². The minimum Gasteiger partial charge on any atom is -0.411 e. The van der Waals surface area contributed by atoms with E-state index < -0.39 is 38.2 Å². The third kappa shape index (κ3) is 8.31. The second kappa shape index (κ2) is 13.8. The fourth-order valence-electron chi connectivity index (χ4n) is 4.28. The van der Waals surface area contributed by atoms with Crippen LogP contribution in [0.2, 0.25) is 0 Å². The standard InChI is InChI=1S/C28H32NO8P/c30-29-26-25(20-38(31,32)33)37-24(19-34-16-21-10-4-1-5-11-21)27(35-17-22-12-6-2-7-13-22)28(26)36-18-23-14-8-3-9-15-23/h1-15,24-25,27-28,30H,16-20H2,(H2,31,32,33)/t24-,25-,27-,28-/m1/s1. The van der Waals surface area contributed by atoms with Crippen LogP contribution >= 0.6 is 7.60 Å². The Morgan fingerprint density at radius 3 is 1.76 bits per heavy atom. The van der Waals surface area contributed by atoms with Gasteiger partial charge in [0.2, 0.25) is 0 Å². The van der Waals surface area contributed by atoms with Crippen LogP contribution < -0.4 is 0 Å². The van der Waals surface area contributed by atoms with Gasteiger partial charge in [-0.1, -0.05) is 96.2 Å². The Kier molecular flexibility index (Phi) is 10.2. The monoisotopic (exact) mass is 541 g/mol. The molecule has 0 spiro atoms. The van der Waals surface area contributed by atoms with Gasteiger partial charge in [0.15, 0.2) is 0 Å². The van der Waals surface area contributed by atoms with Gasteiger partial charge in [0.05, 0.1) is 32.6 Å². The number of nitrogens with zero attached hydrogens (tertiary/aromatic N) is 1. The number of benzene rings is 3. The fourth-order valence-corrected chi connectivity index (χ4v) is 4.99. The van der Waals surface area contributed by atoms with Crippen LogP contribution in [0.25, 0.3) is 0 Å². The molecule has 202 valence electrons. The van der Waals surface area contributed by atoms with Gasteiger partial charge < -0.3 is 33.9 Å². The maximum absolute atomic E-state index is 11.9. The molecule has 1 aliphatic heterocycles. The highest BCUT2D eigenvalue weighted by atomic mass is 31.2. The molecule has 1 heterocycles.